The Balaban J connectivity index is 2.06. The van der Waals surface area contributed by atoms with Gasteiger partial charge in [0, 0.05) is 24.5 Å². The van der Waals surface area contributed by atoms with Crippen molar-refractivity contribution in [3.05, 3.63) is 52.8 Å². The average molecular weight is 342 g/mol. The van der Waals surface area contributed by atoms with E-state index < -0.39 is 18.0 Å². The third-order valence-electron chi connectivity index (χ3n) is 3.92. The summed E-state index contributed by atoms with van der Waals surface area (Å²) in [6, 6.07) is 7.18. The van der Waals surface area contributed by atoms with Gasteiger partial charge >= 0.3 is 5.97 Å². The maximum absolute atomic E-state index is 12.3. The first kappa shape index (κ1) is 18.4. The van der Waals surface area contributed by atoms with E-state index >= 15 is 0 Å². The van der Waals surface area contributed by atoms with E-state index in [4.69, 9.17) is 4.74 Å². The molecule has 132 valence electrons. The summed E-state index contributed by atoms with van der Waals surface area (Å²) in [7, 11) is 1.64. The summed E-state index contributed by atoms with van der Waals surface area (Å²) >= 11 is 0. The highest BCUT2D eigenvalue weighted by Gasteiger charge is 2.22. The number of nitrogens with zero attached hydrogens (tertiary/aromatic N) is 1. The highest BCUT2D eigenvalue weighted by atomic mass is 16.5. The second-order valence-electron chi connectivity index (χ2n) is 6.14. The molecule has 1 heterocycles. The van der Waals surface area contributed by atoms with Gasteiger partial charge < -0.3 is 14.6 Å². The summed E-state index contributed by atoms with van der Waals surface area (Å²) in [5, 5.41) is 2.77. The first-order valence-electron chi connectivity index (χ1n) is 7.95. The Kier molecular flexibility index (Phi) is 5.41. The van der Waals surface area contributed by atoms with Crippen LogP contribution in [-0.4, -0.2) is 28.3 Å². The van der Waals surface area contributed by atoms with Gasteiger partial charge in [-0.25, -0.2) is 4.79 Å². The largest absolute Gasteiger partial charge is 0.448 e. The van der Waals surface area contributed by atoms with Gasteiger partial charge in [-0.1, -0.05) is 12.1 Å². The summed E-state index contributed by atoms with van der Waals surface area (Å²) in [6.07, 6.45) is 0.586. The number of carbonyl (C=O) groups excluding carboxylic acids is 3. The zero-order valence-corrected chi connectivity index (χ0v) is 15.0. The van der Waals surface area contributed by atoms with E-state index in [0.29, 0.717) is 11.3 Å². The number of anilines is 1. The Morgan fingerprint density at radius 1 is 1.16 bits per heavy atom. The van der Waals surface area contributed by atoms with Gasteiger partial charge in [-0.15, -0.1) is 0 Å². The number of esters is 1. The van der Waals surface area contributed by atoms with Gasteiger partial charge in [-0.05, 0) is 51.0 Å². The Bertz CT molecular complexity index is 836. The number of ether oxygens (including phenoxy) is 1. The minimum absolute atomic E-state index is 0.143. The smallest absolute Gasteiger partial charge is 0.355 e. The van der Waals surface area contributed by atoms with Gasteiger partial charge in [0.1, 0.15) is 5.69 Å². The lowest BCUT2D eigenvalue weighted by Crippen LogP contribution is -2.30. The molecule has 0 spiro atoms. The number of aromatic nitrogens is 1. The number of carbonyl (C=O) groups is 3. The number of benzene rings is 1. The first-order valence-corrected chi connectivity index (χ1v) is 7.95. The molecule has 6 heteroatoms. The van der Waals surface area contributed by atoms with E-state index in [1.807, 2.05) is 32.0 Å². The van der Waals surface area contributed by atoms with Gasteiger partial charge in [0.15, 0.2) is 11.9 Å². The minimum atomic E-state index is -0.969. The number of nitrogens with one attached hydrogen (secondary N) is 1. The fourth-order valence-corrected chi connectivity index (χ4v) is 2.34. The van der Waals surface area contributed by atoms with Crippen LogP contribution >= 0.6 is 0 Å². The van der Waals surface area contributed by atoms with Crippen LogP contribution in [0.3, 0.4) is 0 Å². The Morgan fingerprint density at radius 2 is 1.84 bits per heavy atom. The molecule has 2 rings (SSSR count). The van der Waals surface area contributed by atoms with Crippen molar-refractivity contribution in [3.8, 4) is 0 Å². The van der Waals surface area contributed by atoms with E-state index in [1.165, 1.54) is 24.5 Å². The number of hydrogen-bond acceptors (Lipinski definition) is 4. The third-order valence-corrected chi connectivity index (χ3v) is 3.92. The molecule has 0 bridgehead atoms. The van der Waals surface area contributed by atoms with Crippen LogP contribution in [0.4, 0.5) is 5.69 Å². The molecule has 25 heavy (non-hydrogen) atoms. The number of amides is 1. The molecule has 1 aromatic carbocycles. The van der Waals surface area contributed by atoms with Gasteiger partial charge in [-0.2, -0.15) is 0 Å². The maximum Gasteiger partial charge on any atom is 0.355 e. The molecular formula is C19H22N2O4. The van der Waals surface area contributed by atoms with Gasteiger partial charge in [0.25, 0.3) is 5.91 Å². The summed E-state index contributed by atoms with van der Waals surface area (Å²) in [5.41, 5.74) is 3.27. The van der Waals surface area contributed by atoms with Crippen molar-refractivity contribution in [2.75, 3.05) is 5.32 Å². The van der Waals surface area contributed by atoms with Crippen LogP contribution in [0, 0.1) is 13.8 Å². The zero-order valence-electron chi connectivity index (χ0n) is 15.0. The lowest BCUT2D eigenvalue weighted by molar-refractivity contribution is -0.123. The highest BCUT2D eigenvalue weighted by Crippen LogP contribution is 2.17. The predicted octanol–water partition coefficient (Wildman–Crippen LogP) is 3.03. The predicted molar refractivity (Wildman–Crippen MR) is 94.8 cm³/mol. The number of ketones is 1. The van der Waals surface area contributed by atoms with Crippen LogP contribution in [0.25, 0.3) is 0 Å². The van der Waals surface area contributed by atoms with Crippen LogP contribution in [0.1, 0.15) is 45.8 Å². The van der Waals surface area contributed by atoms with E-state index in [2.05, 4.69) is 5.32 Å². The second kappa shape index (κ2) is 7.34. The molecule has 0 aliphatic carbocycles. The summed E-state index contributed by atoms with van der Waals surface area (Å²) in [4.78, 5) is 35.9. The van der Waals surface area contributed by atoms with E-state index in [0.717, 1.165) is 11.1 Å². The lowest BCUT2D eigenvalue weighted by atomic mass is 10.1. The van der Waals surface area contributed by atoms with Gasteiger partial charge in [0.05, 0.1) is 0 Å². The molecular weight excluding hydrogens is 320 g/mol. The van der Waals surface area contributed by atoms with Crippen LogP contribution in [0.15, 0.2) is 30.5 Å². The summed E-state index contributed by atoms with van der Waals surface area (Å²) in [5.74, 6) is -1.21. The Morgan fingerprint density at radius 3 is 2.44 bits per heavy atom. The summed E-state index contributed by atoms with van der Waals surface area (Å²) < 4.78 is 6.74. The van der Waals surface area contributed by atoms with Crippen molar-refractivity contribution in [3.63, 3.8) is 0 Å². The second-order valence-corrected chi connectivity index (χ2v) is 6.14. The van der Waals surface area contributed by atoms with Crippen molar-refractivity contribution in [2.45, 2.75) is 33.8 Å². The molecule has 0 aliphatic heterocycles. The van der Waals surface area contributed by atoms with E-state index in [1.54, 1.807) is 13.2 Å². The number of hydrogen-bond donors (Lipinski definition) is 1. The molecule has 0 aliphatic rings. The molecule has 1 N–H and O–H groups in total. The molecule has 1 amide bonds. The van der Waals surface area contributed by atoms with Gasteiger partial charge in [0.2, 0.25) is 0 Å². The maximum atomic E-state index is 12.3. The van der Waals surface area contributed by atoms with Crippen LogP contribution in [0.5, 0.6) is 0 Å². The third kappa shape index (κ3) is 4.35. The minimum Gasteiger partial charge on any atom is -0.448 e. The monoisotopic (exact) mass is 342 g/mol. The molecule has 0 unspecified atom stereocenters. The van der Waals surface area contributed by atoms with Crippen molar-refractivity contribution in [1.82, 2.24) is 4.57 Å². The van der Waals surface area contributed by atoms with Crippen molar-refractivity contribution < 1.29 is 19.1 Å². The molecule has 0 saturated heterocycles. The lowest BCUT2D eigenvalue weighted by Gasteiger charge is -2.15. The van der Waals surface area contributed by atoms with Crippen molar-refractivity contribution >= 4 is 23.3 Å². The zero-order chi connectivity index (χ0) is 18.7. The molecule has 0 fully saturated rings. The van der Waals surface area contributed by atoms with Crippen molar-refractivity contribution in [2.24, 2.45) is 7.05 Å². The number of rotatable bonds is 5. The molecule has 1 atom stereocenters. The number of aryl methyl sites for hydroxylation is 3. The Labute approximate surface area is 146 Å². The number of Topliss-reactive ketones (excluding diaryl/α,β-unsaturated/α-hetero) is 1. The fraction of sp³-hybridized carbons (Fsp3) is 0.316. The average Bonchev–Trinajstić information content (AvgIpc) is 2.93. The van der Waals surface area contributed by atoms with Crippen molar-refractivity contribution in [1.29, 1.82) is 0 Å². The first-order chi connectivity index (χ1) is 11.7. The van der Waals surface area contributed by atoms with E-state index in [-0.39, 0.29) is 11.5 Å². The van der Waals surface area contributed by atoms with Crippen LogP contribution in [-0.2, 0) is 16.6 Å². The topological polar surface area (TPSA) is 77.4 Å². The standard InChI is InChI=1S/C19H22N2O4/c1-11-6-7-12(2)16(8-11)20-18(23)14(4)25-19(24)17-9-15(13(3)22)10-21(17)5/h6-10,14H,1-5H3,(H,20,23)/t14-/m1/s1. The van der Waals surface area contributed by atoms with Crippen LogP contribution < -0.4 is 5.32 Å². The highest BCUT2D eigenvalue weighted by molar-refractivity contribution is 5.99. The normalized spacial score (nSPS) is 11.7. The molecule has 1 aromatic heterocycles. The molecule has 2 aromatic rings. The van der Waals surface area contributed by atoms with E-state index in [9.17, 15) is 14.4 Å². The van der Waals surface area contributed by atoms with Crippen LogP contribution in [0.2, 0.25) is 0 Å². The fourth-order valence-electron chi connectivity index (χ4n) is 2.34. The quantitative estimate of drug-likeness (QED) is 0.669. The SMILES string of the molecule is CC(=O)c1cc(C(=O)O[C@H](C)C(=O)Nc2cc(C)ccc2C)n(C)c1. The Hall–Kier alpha value is -2.89. The molecule has 6 nitrogen and oxygen atoms in total. The molecule has 0 saturated carbocycles. The molecule has 0 radical (unpaired) electrons. The van der Waals surface area contributed by atoms with Gasteiger partial charge in [-0.3, -0.25) is 9.59 Å². The summed E-state index contributed by atoms with van der Waals surface area (Å²) in [6.45, 7) is 6.75.